The van der Waals surface area contributed by atoms with Crippen LogP contribution in [-0.4, -0.2) is 10.8 Å². The number of H-pyrrole nitrogens is 1. The van der Waals surface area contributed by atoms with Crippen molar-refractivity contribution in [2.75, 3.05) is 0 Å². The molecule has 0 bridgehead atoms. The number of carbonyl (C=O) groups is 1. The Kier molecular flexibility index (Phi) is 2.92. The number of hydrogen-bond acceptors (Lipinski definition) is 1. The van der Waals surface area contributed by atoms with Crippen LogP contribution in [0.25, 0.3) is 10.9 Å². The summed E-state index contributed by atoms with van der Waals surface area (Å²) in [5.74, 6) is -0.417. The largest absolute Gasteiger partial charge is 0.416 e. The third-order valence-electron chi connectivity index (χ3n) is 2.80. The zero-order valence-electron chi connectivity index (χ0n) is 9.93. The van der Waals surface area contributed by atoms with Gasteiger partial charge in [0.25, 0.3) is 0 Å². The topological polar surface area (TPSA) is 32.9 Å². The molecule has 2 nitrogen and oxygen atoms in total. The molecule has 0 aliphatic heterocycles. The molecule has 0 fully saturated rings. The number of ketones is 1. The first-order valence-corrected chi connectivity index (χ1v) is 5.53. The van der Waals surface area contributed by atoms with Crippen LogP contribution >= 0.6 is 0 Å². The summed E-state index contributed by atoms with van der Waals surface area (Å²) in [6.45, 7) is 3.43. The van der Waals surface area contributed by atoms with Crippen LogP contribution in [0.5, 0.6) is 0 Å². The van der Waals surface area contributed by atoms with E-state index in [4.69, 9.17) is 0 Å². The Bertz CT molecular complexity index is 596. The number of aromatic amines is 1. The van der Waals surface area contributed by atoms with Gasteiger partial charge in [0, 0.05) is 28.6 Å². The molecule has 1 heterocycles. The number of hydrogen-bond donors (Lipinski definition) is 1. The van der Waals surface area contributed by atoms with E-state index in [0.717, 1.165) is 12.1 Å². The van der Waals surface area contributed by atoms with Gasteiger partial charge in [0.05, 0.1) is 5.56 Å². The maximum atomic E-state index is 12.6. The van der Waals surface area contributed by atoms with Gasteiger partial charge in [0.15, 0.2) is 5.78 Å². The normalized spacial score (nSPS) is 12.3. The molecule has 0 aliphatic rings. The molecule has 0 atom stereocenters. The van der Waals surface area contributed by atoms with Crippen LogP contribution in [0.2, 0.25) is 0 Å². The van der Waals surface area contributed by atoms with Crippen LogP contribution in [0.15, 0.2) is 24.4 Å². The monoisotopic (exact) mass is 255 g/mol. The lowest BCUT2D eigenvalue weighted by Gasteiger charge is -2.07. The van der Waals surface area contributed by atoms with Crippen molar-refractivity contribution < 1.29 is 18.0 Å². The molecule has 2 rings (SSSR count). The number of fused-ring (bicyclic) bond motifs is 1. The average molecular weight is 255 g/mol. The highest BCUT2D eigenvalue weighted by Gasteiger charge is 2.31. The zero-order chi connectivity index (χ0) is 13.5. The van der Waals surface area contributed by atoms with E-state index in [9.17, 15) is 18.0 Å². The zero-order valence-corrected chi connectivity index (χ0v) is 9.93. The molecule has 0 radical (unpaired) electrons. The van der Waals surface area contributed by atoms with Gasteiger partial charge in [-0.25, -0.2) is 0 Å². The Morgan fingerprint density at radius 1 is 1.28 bits per heavy atom. The number of nitrogens with one attached hydrogen (secondary N) is 1. The number of halogens is 3. The number of rotatable bonds is 2. The number of alkyl halides is 3. The first-order valence-electron chi connectivity index (χ1n) is 5.53. The van der Waals surface area contributed by atoms with Crippen LogP contribution < -0.4 is 0 Å². The summed E-state index contributed by atoms with van der Waals surface area (Å²) in [6, 6.07) is 3.36. The van der Waals surface area contributed by atoms with Crippen molar-refractivity contribution in [1.29, 1.82) is 0 Å². The molecule has 1 aromatic carbocycles. The van der Waals surface area contributed by atoms with Crippen molar-refractivity contribution in [3.05, 3.63) is 35.5 Å². The number of benzene rings is 1. The van der Waals surface area contributed by atoms with Gasteiger partial charge >= 0.3 is 6.18 Å². The third-order valence-corrected chi connectivity index (χ3v) is 2.80. The van der Waals surface area contributed by atoms with Crippen molar-refractivity contribution in [3.8, 4) is 0 Å². The summed E-state index contributed by atoms with van der Waals surface area (Å²) in [6.07, 6.45) is -2.93. The molecular weight excluding hydrogens is 243 g/mol. The van der Waals surface area contributed by atoms with Crippen LogP contribution in [0.4, 0.5) is 13.2 Å². The molecule has 0 saturated carbocycles. The molecule has 1 aromatic heterocycles. The Morgan fingerprint density at radius 3 is 2.50 bits per heavy atom. The van der Waals surface area contributed by atoms with Gasteiger partial charge in [-0.2, -0.15) is 13.2 Å². The third kappa shape index (κ3) is 2.12. The minimum Gasteiger partial charge on any atom is -0.360 e. The van der Waals surface area contributed by atoms with Gasteiger partial charge < -0.3 is 4.98 Å². The fraction of sp³-hybridized carbons (Fsp3) is 0.308. The van der Waals surface area contributed by atoms with E-state index >= 15 is 0 Å². The molecule has 96 valence electrons. The van der Waals surface area contributed by atoms with Crippen molar-refractivity contribution >= 4 is 16.7 Å². The summed E-state index contributed by atoms with van der Waals surface area (Å²) in [4.78, 5) is 14.7. The lowest BCUT2D eigenvalue weighted by molar-refractivity contribution is -0.137. The molecule has 0 amide bonds. The number of aromatic nitrogens is 1. The summed E-state index contributed by atoms with van der Waals surface area (Å²) < 4.78 is 37.9. The van der Waals surface area contributed by atoms with E-state index in [-0.39, 0.29) is 11.7 Å². The van der Waals surface area contributed by atoms with E-state index in [1.165, 1.54) is 12.3 Å². The molecule has 1 N–H and O–H groups in total. The lowest BCUT2D eigenvalue weighted by atomic mass is 9.99. The highest BCUT2D eigenvalue weighted by molar-refractivity contribution is 6.08. The number of carbonyl (C=O) groups excluding carboxylic acids is 1. The molecule has 5 heteroatoms. The lowest BCUT2D eigenvalue weighted by Crippen LogP contribution is -2.07. The second-order valence-electron chi connectivity index (χ2n) is 4.48. The fourth-order valence-electron chi connectivity index (χ4n) is 1.81. The smallest absolute Gasteiger partial charge is 0.360 e. The maximum Gasteiger partial charge on any atom is 0.416 e. The summed E-state index contributed by atoms with van der Waals surface area (Å²) in [5, 5.41) is 0.323. The van der Waals surface area contributed by atoms with Crippen LogP contribution in [-0.2, 0) is 6.18 Å². The quantitative estimate of drug-likeness (QED) is 0.807. The number of Topliss-reactive ketones (excluding diaryl/α,β-unsaturated/α-hetero) is 1. The van der Waals surface area contributed by atoms with Gasteiger partial charge in [-0.1, -0.05) is 13.8 Å². The van der Waals surface area contributed by atoms with Gasteiger partial charge in [-0.05, 0) is 18.2 Å². The Labute approximate surface area is 102 Å². The van der Waals surface area contributed by atoms with Crippen molar-refractivity contribution in [3.63, 3.8) is 0 Å². The van der Waals surface area contributed by atoms with Crippen molar-refractivity contribution in [1.82, 2.24) is 4.98 Å². The van der Waals surface area contributed by atoms with Crippen molar-refractivity contribution in [2.24, 2.45) is 5.92 Å². The van der Waals surface area contributed by atoms with E-state index < -0.39 is 11.7 Å². The first kappa shape index (κ1) is 12.7. The summed E-state index contributed by atoms with van der Waals surface area (Å²) >= 11 is 0. The minimum absolute atomic E-state index is 0.166. The molecule has 0 aliphatic carbocycles. The fourth-order valence-corrected chi connectivity index (χ4v) is 1.81. The Hall–Kier alpha value is -1.78. The second-order valence-corrected chi connectivity index (χ2v) is 4.48. The van der Waals surface area contributed by atoms with Crippen molar-refractivity contribution in [2.45, 2.75) is 20.0 Å². The van der Waals surface area contributed by atoms with Crippen LogP contribution in [0.3, 0.4) is 0 Å². The highest BCUT2D eigenvalue weighted by atomic mass is 19.4. The molecular formula is C13H12F3NO. The minimum atomic E-state index is -4.40. The van der Waals surface area contributed by atoms with E-state index in [2.05, 4.69) is 4.98 Å². The second kappa shape index (κ2) is 4.15. The SMILES string of the molecule is CC(C)C(=O)c1c[nH]c2ccc(C(F)(F)F)cc12. The van der Waals surface area contributed by atoms with Gasteiger partial charge in [-0.3, -0.25) is 4.79 Å². The molecule has 18 heavy (non-hydrogen) atoms. The van der Waals surface area contributed by atoms with Gasteiger partial charge in [0.1, 0.15) is 0 Å². The first-order chi connectivity index (χ1) is 8.30. The molecule has 0 unspecified atom stereocenters. The van der Waals surface area contributed by atoms with E-state index in [0.29, 0.717) is 16.5 Å². The van der Waals surface area contributed by atoms with Crippen LogP contribution in [0, 0.1) is 5.92 Å². The predicted octanol–water partition coefficient (Wildman–Crippen LogP) is 4.03. The molecule has 0 saturated heterocycles. The Morgan fingerprint density at radius 2 is 1.94 bits per heavy atom. The summed E-state index contributed by atoms with van der Waals surface area (Å²) in [5.41, 5.74) is 0.102. The molecule has 0 spiro atoms. The van der Waals surface area contributed by atoms with Crippen LogP contribution in [0.1, 0.15) is 29.8 Å². The average Bonchev–Trinajstić information content (AvgIpc) is 2.69. The van der Waals surface area contributed by atoms with E-state index in [1.54, 1.807) is 13.8 Å². The molecule has 2 aromatic rings. The van der Waals surface area contributed by atoms with Gasteiger partial charge in [-0.15, -0.1) is 0 Å². The highest BCUT2D eigenvalue weighted by Crippen LogP contribution is 2.32. The summed E-state index contributed by atoms with van der Waals surface area (Å²) in [7, 11) is 0. The standard InChI is InChI=1S/C13H12F3NO/c1-7(2)12(18)10-6-17-11-4-3-8(5-9(10)11)13(14,15)16/h3-7,17H,1-2H3. The Balaban J connectivity index is 2.60. The van der Waals surface area contributed by atoms with Gasteiger partial charge in [0.2, 0.25) is 0 Å². The maximum absolute atomic E-state index is 12.6. The predicted molar refractivity (Wildman–Crippen MR) is 62.5 cm³/mol. The van der Waals surface area contributed by atoms with E-state index in [1.807, 2.05) is 0 Å².